The average molecular weight is 328 g/mol. The van der Waals surface area contributed by atoms with E-state index in [0.717, 1.165) is 25.2 Å². The first kappa shape index (κ1) is 16.5. The Morgan fingerprint density at radius 3 is 2.71 bits per heavy atom. The number of nitrogens with one attached hydrogen (secondary N) is 1. The number of amides is 1. The Kier molecular flexibility index (Phi) is 4.57. The number of likely N-dealkylation sites (tertiary alicyclic amines) is 1. The minimum atomic E-state index is -0.537. The van der Waals surface area contributed by atoms with Crippen molar-refractivity contribution in [2.45, 2.75) is 26.3 Å². The highest BCUT2D eigenvalue weighted by atomic mass is 19.1. The summed E-state index contributed by atoms with van der Waals surface area (Å²) >= 11 is 0. The number of rotatable bonds is 3. The fourth-order valence-electron chi connectivity index (χ4n) is 3.04. The van der Waals surface area contributed by atoms with Crippen LogP contribution in [0.5, 0.6) is 0 Å². The van der Waals surface area contributed by atoms with Gasteiger partial charge in [-0.2, -0.15) is 0 Å². The van der Waals surface area contributed by atoms with Gasteiger partial charge in [-0.3, -0.25) is 4.79 Å². The standard InChI is InChI=1S/C18H21FN4O/c1-11-8-17(21-12(2)20-11)13-4-5-15(16(19)9-13)18(24)22-14-6-7-23(3)10-14/h4-5,8-9,14H,6-7,10H2,1-3H3,(H,22,24). The second kappa shape index (κ2) is 6.65. The summed E-state index contributed by atoms with van der Waals surface area (Å²) in [7, 11) is 2.01. The van der Waals surface area contributed by atoms with Gasteiger partial charge < -0.3 is 10.2 Å². The van der Waals surface area contributed by atoms with Gasteiger partial charge in [0.25, 0.3) is 5.91 Å². The van der Waals surface area contributed by atoms with Gasteiger partial charge in [0.2, 0.25) is 0 Å². The molecule has 1 aliphatic heterocycles. The molecule has 1 aromatic carbocycles. The lowest BCUT2D eigenvalue weighted by Crippen LogP contribution is -2.36. The molecule has 5 nitrogen and oxygen atoms in total. The zero-order valence-corrected chi connectivity index (χ0v) is 14.1. The van der Waals surface area contributed by atoms with Crippen LogP contribution in [0, 0.1) is 19.7 Å². The van der Waals surface area contributed by atoms with Crippen molar-refractivity contribution in [3.05, 3.63) is 47.2 Å². The Bertz CT molecular complexity index is 757. The zero-order valence-electron chi connectivity index (χ0n) is 14.1. The summed E-state index contributed by atoms with van der Waals surface area (Å²) < 4.78 is 14.4. The van der Waals surface area contributed by atoms with Crippen LogP contribution in [0.4, 0.5) is 4.39 Å². The smallest absolute Gasteiger partial charge is 0.254 e. The van der Waals surface area contributed by atoms with Gasteiger partial charge in [0, 0.05) is 23.8 Å². The predicted molar refractivity (Wildman–Crippen MR) is 90.3 cm³/mol. The van der Waals surface area contributed by atoms with Gasteiger partial charge in [-0.05, 0) is 52.1 Å². The van der Waals surface area contributed by atoms with Crippen molar-refractivity contribution in [1.82, 2.24) is 20.2 Å². The topological polar surface area (TPSA) is 58.1 Å². The predicted octanol–water partition coefficient (Wildman–Crippen LogP) is 2.33. The molecule has 0 radical (unpaired) electrons. The number of aryl methyl sites for hydroxylation is 2. The van der Waals surface area contributed by atoms with Crippen LogP contribution < -0.4 is 5.32 Å². The molecule has 2 heterocycles. The Labute approximate surface area is 140 Å². The number of hydrogen-bond acceptors (Lipinski definition) is 4. The van der Waals surface area contributed by atoms with Gasteiger partial charge in [0.05, 0.1) is 11.3 Å². The average Bonchev–Trinajstić information content (AvgIpc) is 2.91. The quantitative estimate of drug-likeness (QED) is 0.939. The van der Waals surface area contributed by atoms with E-state index in [1.807, 2.05) is 14.0 Å². The van der Waals surface area contributed by atoms with Crippen LogP contribution in [0.3, 0.4) is 0 Å². The van der Waals surface area contributed by atoms with E-state index in [1.165, 1.54) is 12.1 Å². The van der Waals surface area contributed by atoms with Gasteiger partial charge in [-0.25, -0.2) is 14.4 Å². The maximum Gasteiger partial charge on any atom is 0.254 e. The highest BCUT2D eigenvalue weighted by Crippen LogP contribution is 2.21. The molecule has 126 valence electrons. The van der Waals surface area contributed by atoms with Crippen molar-refractivity contribution in [2.24, 2.45) is 0 Å². The molecular weight excluding hydrogens is 307 g/mol. The third-order valence-corrected chi connectivity index (χ3v) is 4.20. The normalized spacial score (nSPS) is 17.9. The van der Waals surface area contributed by atoms with Crippen molar-refractivity contribution in [3.63, 3.8) is 0 Å². The molecule has 2 aromatic rings. The first-order chi connectivity index (χ1) is 11.4. The highest BCUT2D eigenvalue weighted by Gasteiger charge is 2.23. The summed E-state index contributed by atoms with van der Waals surface area (Å²) in [6.45, 7) is 5.41. The largest absolute Gasteiger partial charge is 0.348 e. The molecule has 1 amide bonds. The first-order valence-electron chi connectivity index (χ1n) is 8.04. The molecule has 1 fully saturated rings. The van der Waals surface area contributed by atoms with Crippen LogP contribution in [0.1, 0.15) is 28.3 Å². The fourth-order valence-corrected chi connectivity index (χ4v) is 3.04. The lowest BCUT2D eigenvalue weighted by atomic mass is 10.1. The number of hydrogen-bond donors (Lipinski definition) is 1. The SMILES string of the molecule is Cc1cc(-c2ccc(C(=O)NC3CCN(C)C3)c(F)c2)nc(C)n1. The molecule has 1 aromatic heterocycles. The van der Waals surface area contributed by atoms with Crippen LogP contribution in [0.15, 0.2) is 24.3 Å². The van der Waals surface area contributed by atoms with Crippen molar-refractivity contribution >= 4 is 5.91 Å². The van der Waals surface area contributed by atoms with E-state index >= 15 is 0 Å². The van der Waals surface area contributed by atoms with Crippen molar-refractivity contribution in [2.75, 3.05) is 20.1 Å². The summed E-state index contributed by atoms with van der Waals surface area (Å²) in [6.07, 6.45) is 0.890. The summed E-state index contributed by atoms with van der Waals surface area (Å²) in [5.74, 6) is -0.266. The van der Waals surface area contributed by atoms with Gasteiger partial charge in [0.15, 0.2) is 0 Å². The molecule has 1 aliphatic rings. The first-order valence-corrected chi connectivity index (χ1v) is 8.04. The lowest BCUT2D eigenvalue weighted by Gasteiger charge is -2.13. The van der Waals surface area contributed by atoms with Gasteiger partial charge in [0.1, 0.15) is 11.6 Å². The maximum atomic E-state index is 14.4. The second-order valence-corrected chi connectivity index (χ2v) is 6.36. The summed E-state index contributed by atoms with van der Waals surface area (Å²) in [4.78, 5) is 23.0. The molecule has 1 saturated heterocycles. The van der Waals surface area contributed by atoms with E-state index in [4.69, 9.17) is 0 Å². The summed E-state index contributed by atoms with van der Waals surface area (Å²) in [5, 5.41) is 2.90. The molecule has 1 N–H and O–H groups in total. The van der Waals surface area contributed by atoms with Gasteiger partial charge in [-0.1, -0.05) is 6.07 Å². The number of likely N-dealkylation sites (N-methyl/N-ethyl adjacent to an activating group) is 1. The van der Waals surface area contributed by atoms with E-state index in [-0.39, 0.29) is 17.5 Å². The minimum absolute atomic E-state index is 0.0656. The Hall–Kier alpha value is -2.34. The van der Waals surface area contributed by atoms with Crippen LogP contribution in [0.2, 0.25) is 0 Å². The van der Waals surface area contributed by atoms with E-state index in [1.54, 1.807) is 19.1 Å². The number of benzene rings is 1. The highest BCUT2D eigenvalue weighted by molar-refractivity contribution is 5.95. The number of halogens is 1. The Balaban J connectivity index is 1.80. The lowest BCUT2D eigenvalue weighted by molar-refractivity contribution is 0.0934. The molecule has 3 rings (SSSR count). The van der Waals surface area contributed by atoms with Gasteiger partial charge in [-0.15, -0.1) is 0 Å². The molecule has 0 aliphatic carbocycles. The zero-order chi connectivity index (χ0) is 17.3. The van der Waals surface area contributed by atoms with Crippen LogP contribution in [-0.4, -0.2) is 47.0 Å². The molecule has 1 atom stereocenters. The number of aromatic nitrogens is 2. The van der Waals surface area contributed by atoms with Crippen LogP contribution in [-0.2, 0) is 0 Å². The summed E-state index contributed by atoms with van der Waals surface area (Å²) in [6, 6.07) is 6.48. The molecule has 1 unspecified atom stereocenters. The molecule has 0 saturated carbocycles. The third kappa shape index (κ3) is 3.59. The molecule has 0 spiro atoms. The fraction of sp³-hybridized carbons (Fsp3) is 0.389. The molecule has 6 heteroatoms. The monoisotopic (exact) mass is 328 g/mol. The second-order valence-electron chi connectivity index (χ2n) is 6.36. The van der Waals surface area contributed by atoms with Crippen molar-refractivity contribution < 1.29 is 9.18 Å². The van der Waals surface area contributed by atoms with Crippen molar-refractivity contribution in [1.29, 1.82) is 0 Å². The van der Waals surface area contributed by atoms with Crippen LogP contribution in [0.25, 0.3) is 11.3 Å². The number of carbonyl (C=O) groups excluding carboxylic acids is 1. The van der Waals surface area contributed by atoms with Crippen molar-refractivity contribution in [3.8, 4) is 11.3 Å². The minimum Gasteiger partial charge on any atom is -0.348 e. The molecular formula is C18H21FN4O. The number of carbonyl (C=O) groups is 1. The van der Waals surface area contributed by atoms with E-state index in [9.17, 15) is 9.18 Å². The maximum absolute atomic E-state index is 14.4. The van der Waals surface area contributed by atoms with E-state index < -0.39 is 5.82 Å². The van der Waals surface area contributed by atoms with Gasteiger partial charge >= 0.3 is 0 Å². The van der Waals surface area contributed by atoms with E-state index in [0.29, 0.717) is 17.1 Å². The molecule has 0 bridgehead atoms. The number of nitrogens with zero attached hydrogens (tertiary/aromatic N) is 3. The third-order valence-electron chi connectivity index (χ3n) is 4.20. The summed E-state index contributed by atoms with van der Waals surface area (Å²) in [5.41, 5.74) is 2.18. The Morgan fingerprint density at radius 1 is 1.29 bits per heavy atom. The van der Waals surface area contributed by atoms with E-state index in [2.05, 4.69) is 20.2 Å². The van der Waals surface area contributed by atoms with Crippen LogP contribution >= 0.6 is 0 Å². The Morgan fingerprint density at radius 2 is 2.08 bits per heavy atom. The molecule has 24 heavy (non-hydrogen) atoms.